The summed E-state index contributed by atoms with van der Waals surface area (Å²) in [5, 5.41) is 2.70. The number of hydrogen-bond acceptors (Lipinski definition) is 4. The van der Waals surface area contributed by atoms with E-state index < -0.39 is 0 Å². The van der Waals surface area contributed by atoms with Crippen LogP contribution in [-0.4, -0.2) is 50.8 Å². The molecule has 0 saturated carbocycles. The highest BCUT2D eigenvalue weighted by Gasteiger charge is 2.21. The maximum atomic E-state index is 10.8. The van der Waals surface area contributed by atoms with Crippen molar-refractivity contribution in [3.63, 3.8) is 0 Å². The number of nitrogens with one attached hydrogen (secondary N) is 1. The molecule has 1 amide bonds. The van der Waals surface area contributed by atoms with Gasteiger partial charge in [-0.05, 0) is 25.3 Å². The topological polar surface area (TPSA) is 67.6 Å². The van der Waals surface area contributed by atoms with Crippen LogP contribution >= 0.6 is 0 Å². The minimum atomic E-state index is -0.341. The molecule has 15 heavy (non-hydrogen) atoms. The Hall–Kier alpha value is -0.810. The third-order valence-electron chi connectivity index (χ3n) is 2.82. The number of carbonyl (C=O) groups excluding carboxylic acids is 1. The average molecular weight is 215 g/mol. The van der Waals surface area contributed by atoms with Gasteiger partial charge in [-0.15, -0.1) is 0 Å². The van der Waals surface area contributed by atoms with E-state index in [0.717, 1.165) is 32.6 Å². The summed E-state index contributed by atoms with van der Waals surface area (Å²) < 4.78 is 4.50. The highest BCUT2D eigenvalue weighted by molar-refractivity contribution is 5.66. The Morgan fingerprint density at radius 3 is 3.13 bits per heavy atom. The zero-order valence-electron chi connectivity index (χ0n) is 9.37. The molecule has 0 spiro atoms. The van der Waals surface area contributed by atoms with Crippen molar-refractivity contribution in [1.82, 2.24) is 10.2 Å². The number of amides is 1. The zero-order chi connectivity index (χ0) is 11.1. The SMILES string of the molecule is COC(=O)NCCC1CCN(CCN)C1. The van der Waals surface area contributed by atoms with Gasteiger partial charge in [0.1, 0.15) is 0 Å². The molecule has 0 aromatic carbocycles. The maximum Gasteiger partial charge on any atom is 0.406 e. The van der Waals surface area contributed by atoms with Crippen LogP contribution in [0.25, 0.3) is 0 Å². The molecule has 1 aliphatic heterocycles. The molecule has 0 radical (unpaired) electrons. The maximum absolute atomic E-state index is 10.8. The van der Waals surface area contributed by atoms with E-state index in [1.54, 1.807) is 0 Å². The lowest BCUT2D eigenvalue weighted by Gasteiger charge is -2.14. The van der Waals surface area contributed by atoms with Crippen molar-refractivity contribution in [1.29, 1.82) is 0 Å². The minimum Gasteiger partial charge on any atom is -0.453 e. The first-order valence-electron chi connectivity index (χ1n) is 5.50. The fourth-order valence-electron chi connectivity index (χ4n) is 1.98. The second-order valence-electron chi connectivity index (χ2n) is 3.95. The number of nitrogens with zero attached hydrogens (tertiary/aromatic N) is 1. The molecule has 1 aliphatic rings. The molecular weight excluding hydrogens is 194 g/mol. The molecular formula is C10H21N3O2. The van der Waals surface area contributed by atoms with Gasteiger partial charge in [-0.2, -0.15) is 0 Å². The predicted molar refractivity (Wildman–Crippen MR) is 58.6 cm³/mol. The number of rotatable bonds is 5. The van der Waals surface area contributed by atoms with Crippen molar-refractivity contribution in [2.24, 2.45) is 11.7 Å². The van der Waals surface area contributed by atoms with Gasteiger partial charge in [0.05, 0.1) is 7.11 Å². The van der Waals surface area contributed by atoms with E-state index in [9.17, 15) is 4.79 Å². The van der Waals surface area contributed by atoms with Crippen molar-refractivity contribution >= 4 is 6.09 Å². The summed E-state index contributed by atoms with van der Waals surface area (Å²) in [5.41, 5.74) is 5.50. The van der Waals surface area contributed by atoms with E-state index >= 15 is 0 Å². The van der Waals surface area contributed by atoms with Crippen LogP contribution in [0.2, 0.25) is 0 Å². The third kappa shape index (κ3) is 4.48. The average Bonchev–Trinajstić information content (AvgIpc) is 2.66. The number of nitrogens with two attached hydrogens (primary N) is 1. The predicted octanol–water partition coefficient (Wildman–Crippen LogP) is 0.0131. The van der Waals surface area contributed by atoms with Gasteiger partial charge in [0, 0.05) is 26.2 Å². The summed E-state index contributed by atoms with van der Waals surface area (Å²) in [5.74, 6) is 0.689. The van der Waals surface area contributed by atoms with Gasteiger partial charge >= 0.3 is 6.09 Å². The van der Waals surface area contributed by atoms with Crippen molar-refractivity contribution in [3.8, 4) is 0 Å². The van der Waals surface area contributed by atoms with E-state index in [4.69, 9.17) is 5.73 Å². The first kappa shape index (κ1) is 12.3. The lowest BCUT2D eigenvalue weighted by atomic mass is 10.1. The van der Waals surface area contributed by atoms with Crippen LogP contribution in [0.1, 0.15) is 12.8 Å². The Kier molecular flexibility index (Phi) is 5.42. The van der Waals surface area contributed by atoms with Crippen molar-refractivity contribution < 1.29 is 9.53 Å². The van der Waals surface area contributed by atoms with Gasteiger partial charge in [-0.25, -0.2) is 4.79 Å². The highest BCUT2D eigenvalue weighted by Crippen LogP contribution is 2.18. The number of ether oxygens (including phenoxy) is 1. The quantitative estimate of drug-likeness (QED) is 0.678. The molecule has 1 heterocycles. The Morgan fingerprint density at radius 2 is 2.47 bits per heavy atom. The summed E-state index contributed by atoms with van der Waals surface area (Å²) in [6.07, 6.45) is 1.89. The smallest absolute Gasteiger partial charge is 0.406 e. The normalized spacial score (nSPS) is 21.6. The number of hydrogen-bond donors (Lipinski definition) is 2. The van der Waals surface area contributed by atoms with Crippen LogP contribution in [0.15, 0.2) is 0 Å². The van der Waals surface area contributed by atoms with Crippen LogP contribution in [0.3, 0.4) is 0 Å². The summed E-state index contributed by atoms with van der Waals surface area (Å²) in [6, 6.07) is 0. The molecule has 88 valence electrons. The first-order valence-corrected chi connectivity index (χ1v) is 5.50. The molecule has 0 aromatic heterocycles. The van der Waals surface area contributed by atoms with Crippen LogP contribution in [-0.2, 0) is 4.74 Å². The van der Waals surface area contributed by atoms with E-state index in [2.05, 4.69) is 15.0 Å². The highest BCUT2D eigenvalue weighted by atomic mass is 16.5. The molecule has 0 bridgehead atoms. The number of alkyl carbamates (subject to hydrolysis) is 1. The van der Waals surface area contributed by atoms with Gasteiger partial charge in [0.25, 0.3) is 0 Å². The zero-order valence-corrected chi connectivity index (χ0v) is 9.37. The summed E-state index contributed by atoms with van der Waals surface area (Å²) in [7, 11) is 1.38. The standard InChI is InChI=1S/C10H21N3O2/c1-15-10(14)12-5-2-9-3-6-13(8-9)7-4-11/h9H,2-8,11H2,1H3,(H,12,14). The lowest BCUT2D eigenvalue weighted by molar-refractivity contribution is 0.170. The van der Waals surface area contributed by atoms with E-state index in [0.29, 0.717) is 12.5 Å². The van der Waals surface area contributed by atoms with Crippen LogP contribution in [0.5, 0.6) is 0 Å². The minimum absolute atomic E-state index is 0.341. The third-order valence-corrected chi connectivity index (χ3v) is 2.82. The summed E-state index contributed by atoms with van der Waals surface area (Å²) in [4.78, 5) is 13.2. The molecule has 0 aliphatic carbocycles. The van der Waals surface area contributed by atoms with Crippen molar-refractivity contribution in [2.75, 3.05) is 39.8 Å². The first-order chi connectivity index (χ1) is 7.26. The molecule has 1 saturated heterocycles. The molecule has 1 fully saturated rings. The molecule has 0 aromatic rings. The van der Waals surface area contributed by atoms with Crippen LogP contribution in [0.4, 0.5) is 4.79 Å². The molecule has 5 heteroatoms. The largest absolute Gasteiger partial charge is 0.453 e. The Balaban J connectivity index is 2.06. The number of likely N-dealkylation sites (tertiary alicyclic amines) is 1. The van der Waals surface area contributed by atoms with Gasteiger partial charge in [-0.1, -0.05) is 0 Å². The van der Waals surface area contributed by atoms with Crippen molar-refractivity contribution in [3.05, 3.63) is 0 Å². The van der Waals surface area contributed by atoms with Gasteiger partial charge < -0.3 is 20.7 Å². The fraction of sp³-hybridized carbons (Fsp3) is 0.900. The van der Waals surface area contributed by atoms with Crippen molar-refractivity contribution in [2.45, 2.75) is 12.8 Å². The number of carbonyl (C=O) groups is 1. The fourth-order valence-corrected chi connectivity index (χ4v) is 1.98. The molecule has 3 N–H and O–H groups in total. The molecule has 1 atom stereocenters. The van der Waals surface area contributed by atoms with Gasteiger partial charge in [0.15, 0.2) is 0 Å². The Bertz CT molecular complexity index is 199. The van der Waals surface area contributed by atoms with E-state index in [1.165, 1.54) is 13.5 Å². The van der Waals surface area contributed by atoms with E-state index in [1.807, 2.05) is 0 Å². The Morgan fingerprint density at radius 1 is 1.67 bits per heavy atom. The summed E-state index contributed by atoms with van der Waals surface area (Å²) >= 11 is 0. The molecule has 1 rings (SSSR count). The molecule has 1 unspecified atom stereocenters. The second kappa shape index (κ2) is 6.63. The van der Waals surface area contributed by atoms with Crippen LogP contribution < -0.4 is 11.1 Å². The Labute approximate surface area is 90.9 Å². The monoisotopic (exact) mass is 215 g/mol. The van der Waals surface area contributed by atoms with Gasteiger partial charge in [-0.3, -0.25) is 0 Å². The number of methoxy groups -OCH3 is 1. The van der Waals surface area contributed by atoms with Crippen LogP contribution in [0, 0.1) is 5.92 Å². The lowest BCUT2D eigenvalue weighted by Crippen LogP contribution is -2.28. The molecule has 5 nitrogen and oxygen atoms in total. The van der Waals surface area contributed by atoms with Gasteiger partial charge in [0.2, 0.25) is 0 Å². The summed E-state index contributed by atoms with van der Waals surface area (Å²) in [6.45, 7) is 4.67. The second-order valence-corrected chi connectivity index (χ2v) is 3.95. The van der Waals surface area contributed by atoms with E-state index in [-0.39, 0.29) is 6.09 Å².